The van der Waals surface area contributed by atoms with Crippen molar-refractivity contribution in [2.24, 2.45) is 5.73 Å². The summed E-state index contributed by atoms with van der Waals surface area (Å²) in [6.07, 6.45) is 0. The van der Waals surface area contributed by atoms with Gasteiger partial charge in [-0.15, -0.1) is 0 Å². The number of nitrogens with two attached hydrogens (primary N) is 1. The molecule has 106 valence electrons. The standard InChI is InChI=1S/C11H14N6O2S/c12-10(19)8-4-13-1-2-16(8)5-7-3-9(18)17-11(15-7)20-6-14-17/h3,6,8,13H,1-2,4-5H2,(H2,12,19). The fraction of sp³-hybridized carbons (Fsp3) is 0.455. The molecule has 1 aliphatic heterocycles. The van der Waals surface area contributed by atoms with Crippen LogP contribution in [-0.2, 0) is 11.3 Å². The fourth-order valence-electron chi connectivity index (χ4n) is 2.31. The second-order valence-corrected chi connectivity index (χ2v) is 5.42. The fourth-order valence-corrected chi connectivity index (χ4v) is 2.95. The third-order valence-corrected chi connectivity index (χ3v) is 3.96. The molecule has 0 saturated carbocycles. The van der Waals surface area contributed by atoms with Crippen LogP contribution in [0, 0.1) is 0 Å². The van der Waals surface area contributed by atoms with Crippen LogP contribution in [0.1, 0.15) is 5.69 Å². The summed E-state index contributed by atoms with van der Waals surface area (Å²) in [7, 11) is 0. The lowest BCUT2D eigenvalue weighted by atomic mass is 10.1. The maximum absolute atomic E-state index is 11.9. The van der Waals surface area contributed by atoms with Crippen LogP contribution >= 0.6 is 11.3 Å². The van der Waals surface area contributed by atoms with Crippen molar-refractivity contribution >= 4 is 22.2 Å². The number of aromatic nitrogens is 3. The van der Waals surface area contributed by atoms with Gasteiger partial charge in [0.1, 0.15) is 11.6 Å². The summed E-state index contributed by atoms with van der Waals surface area (Å²) in [6, 6.07) is 1.08. The van der Waals surface area contributed by atoms with E-state index in [0.29, 0.717) is 30.3 Å². The first-order chi connectivity index (χ1) is 9.65. The van der Waals surface area contributed by atoms with Gasteiger partial charge in [-0.25, -0.2) is 4.98 Å². The van der Waals surface area contributed by atoms with E-state index >= 15 is 0 Å². The number of amides is 1. The van der Waals surface area contributed by atoms with Gasteiger partial charge in [0, 0.05) is 32.2 Å². The Morgan fingerprint density at radius 2 is 2.45 bits per heavy atom. The van der Waals surface area contributed by atoms with Crippen molar-refractivity contribution in [1.82, 2.24) is 24.8 Å². The van der Waals surface area contributed by atoms with E-state index in [4.69, 9.17) is 5.73 Å². The highest BCUT2D eigenvalue weighted by Gasteiger charge is 2.27. The van der Waals surface area contributed by atoms with Gasteiger partial charge < -0.3 is 11.1 Å². The molecular formula is C11H14N6O2S. The minimum absolute atomic E-state index is 0.211. The molecule has 1 atom stereocenters. The van der Waals surface area contributed by atoms with Crippen LogP contribution in [0.4, 0.5) is 0 Å². The minimum Gasteiger partial charge on any atom is -0.368 e. The second-order valence-electron chi connectivity index (χ2n) is 4.61. The Bertz CT molecular complexity index is 696. The largest absolute Gasteiger partial charge is 0.368 e. The van der Waals surface area contributed by atoms with Crippen LogP contribution in [0.3, 0.4) is 0 Å². The van der Waals surface area contributed by atoms with Crippen molar-refractivity contribution in [3.05, 3.63) is 27.6 Å². The molecule has 2 aromatic rings. The van der Waals surface area contributed by atoms with E-state index in [0.717, 1.165) is 6.54 Å². The van der Waals surface area contributed by atoms with E-state index in [-0.39, 0.29) is 17.5 Å². The highest BCUT2D eigenvalue weighted by molar-refractivity contribution is 7.14. The molecule has 9 heteroatoms. The molecule has 0 radical (unpaired) electrons. The minimum atomic E-state index is -0.370. The molecule has 0 spiro atoms. The SMILES string of the molecule is NC(=O)C1CNCCN1Cc1cc(=O)n2ncsc2n1. The number of nitrogens with zero attached hydrogens (tertiary/aromatic N) is 4. The predicted molar refractivity (Wildman–Crippen MR) is 73.4 cm³/mol. The Morgan fingerprint density at radius 1 is 1.60 bits per heavy atom. The van der Waals surface area contributed by atoms with Crippen LogP contribution in [-0.4, -0.2) is 51.1 Å². The first kappa shape index (κ1) is 13.2. The van der Waals surface area contributed by atoms with Crippen molar-refractivity contribution < 1.29 is 4.79 Å². The molecule has 1 amide bonds. The van der Waals surface area contributed by atoms with Crippen LogP contribution in [0.5, 0.6) is 0 Å². The summed E-state index contributed by atoms with van der Waals surface area (Å²) in [5.74, 6) is -0.368. The smallest absolute Gasteiger partial charge is 0.275 e. The van der Waals surface area contributed by atoms with Crippen molar-refractivity contribution in [2.45, 2.75) is 12.6 Å². The molecule has 0 aliphatic carbocycles. The Labute approximate surface area is 118 Å². The first-order valence-corrected chi connectivity index (χ1v) is 7.09. The molecule has 1 unspecified atom stereocenters. The maximum atomic E-state index is 11.9. The third kappa shape index (κ3) is 2.42. The van der Waals surface area contributed by atoms with Crippen molar-refractivity contribution in [3.63, 3.8) is 0 Å². The molecule has 1 saturated heterocycles. The van der Waals surface area contributed by atoms with Gasteiger partial charge in [0.2, 0.25) is 10.9 Å². The summed E-state index contributed by atoms with van der Waals surface area (Å²) >= 11 is 1.30. The molecule has 8 nitrogen and oxygen atoms in total. The molecule has 0 aromatic carbocycles. The van der Waals surface area contributed by atoms with Gasteiger partial charge in [-0.2, -0.15) is 9.61 Å². The molecule has 2 aromatic heterocycles. The molecule has 20 heavy (non-hydrogen) atoms. The van der Waals surface area contributed by atoms with E-state index in [2.05, 4.69) is 15.4 Å². The molecular weight excluding hydrogens is 280 g/mol. The number of fused-ring (bicyclic) bond motifs is 1. The number of hydrogen-bond donors (Lipinski definition) is 2. The first-order valence-electron chi connectivity index (χ1n) is 6.21. The van der Waals surface area contributed by atoms with Gasteiger partial charge >= 0.3 is 0 Å². The highest BCUT2D eigenvalue weighted by atomic mass is 32.1. The zero-order valence-electron chi connectivity index (χ0n) is 10.7. The third-order valence-electron chi connectivity index (χ3n) is 3.29. The zero-order chi connectivity index (χ0) is 14.1. The normalized spacial score (nSPS) is 20.3. The zero-order valence-corrected chi connectivity index (χ0v) is 11.5. The number of carbonyl (C=O) groups excluding carboxylic acids is 1. The average molecular weight is 294 g/mol. The van der Waals surface area contributed by atoms with Crippen LogP contribution in [0.15, 0.2) is 16.4 Å². The topological polar surface area (TPSA) is 106 Å². The van der Waals surface area contributed by atoms with Crippen molar-refractivity contribution in [3.8, 4) is 0 Å². The summed E-state index contributed by atoms with van der Waals surface area (Å²) in [5.41, 5.74) is 7.40. The van der Waals surface area contributed by atoms with Crippen LogP contribution < -0.4 is 16.6 Å². The molecule has 0 bridgehead atoms. The number of nitrogens with one attached hydrogen (secondary N) is 1. The van der Waals surface area contributed by atoms with E-state index < -0.39 is 0 Å². The Hall–Kier alpha value is -1.84. The van der Waals surface area contributed by atoms with Crippen LogP contribution in [0.25, 0.3) is 4.96 Å². The van der Waals surface area contributed by atoms with Gasteiger partial charge in [0.25, 0.3) is 5.56 Å². The van der Waals surface area contributed by atoms with E-state index in [1.165, 1.54) is 21.9 Å². The molecule has 1 fully saturated rings. The van der Waals surface area contributed by atoms with Crippen molar-refractivity contribution in [2.75, 3.05) is 19.6 Å². The molecule has 3 rings (SSSR count). The second kappa shape index (κ2) is 5.27. The van der Waals surface area contributed by atoms with Gasteiger partial charge in [-0.05, 0) is 0 Å². The number of carbonyl (C=O) groups is 1. The van der Waals surface area contributed by atoms with Gasteiger partial charge in [-0.3, -0.25) is 14.5 Å². The monoisotopic (exact) mass is 294 g/mol. The summed E-state index contributed by atoms with van der Waals surface area (Å²) < 4.78 is 1.26. The van der Waals surface area contributed by atoms with Crippen molar-refractivity contribution in [1.29, 1.82) is 0 Å². The van der Waals surface area contributed by atoms with Gasteiger partial charge in [0.05, 0.1) is 5.69 Å². The number of primary amides is 1. The lowest BCUT2D eigenvalue weighted by molar-refractivity contribution is -0.124. The molecule has 3 heterocycles. The average Bonchev–Trinajstić information content (AvgIpc) is 2.88. The van der Waals surface area contributed by atoms with Gasteiger partial charge in [-0.1, -0.05) is 11.3 Å². The van der Waals surface area contributed by atoms with Gasteiger partial charge in [0.15, 0.2) is 0 Å². The number of rotatable bonds is 3. The van der Waals surface area contributed by atoms with E-state index in [9.17, 15) is 9.59 Å². The summed E-state index contributed by atoms with van der Waals surface area (Å²) in [6.45, 7) is 2.43. The predicted octanol–water partition coefficient (Wildman–Crippen LogP) is -1.59. The number of piperazine rings is 1. The van der Waals surface area contributed by atoms with E-state index in [1.54, 1.807) is 5.51 Å². The number of hydrogen-bond acceptors (Lipinski definition) is 7. The Balaban J connectivity index is 1.87. The Kier molecular flexibility index (Phi) is 3.47. The van der Waals surface area contributed by atoms with Crippen LogP contribution in [0.2, 0.25) is 0 Å². The maximum Gasteiger partial charge on any atom is 0.275 e. The molecule has 1 aliphatic rings. The Morgan fingerprint density at radius 3 is 3.25 bits per heavy atom. The summed E-state index contributed by atoms with van der Waals surface area (Å²) in [5, 5.41) is 7.04. The summed E-state index contributed by atoms with van der Waals surface area (Å²) in [4.78, 5) is 30.2. The lowest BCUT2D eigenvalue weighted by Gasteiger charge is -2.33. The van der Waals surface area contributed by atoms with E-state index in [1.807, 2.05) is 4.90 Å². The highest BCUT2D eigenvalue weighted by Crippen LogP contribution is 2.10. The quantitative estimate of drug-likeness (QED) is 0.707. The lowest BCUT2D eigenvalue weighted by Crippen LogP contribution is -2.56. The molecule has 3 N–H and O–H groups in total.